The van der Waals surface area contributed by atoms with E-state index in [1.54, 1.807) is 0 Å². The third-order valence-electron chi connectivity index (χ3n) is 4.97. The van der Waals surface area contributed by atoms with Crippen LogP contribution in [0.4, 0.5) is 0 Å². The maximum atomic E-state index is 5.56. The zero-order valence-electron chi connectivity index (χ0n) is 11.5. The van der Waals surface area contributed by atoms with Gasteiger partial charge >= 0.3 is 0 Å². The van der Waals surface area contributed by atoms with Crippen LogP contribution in [-0.2, 0) is 6.42 Å². The monoisotopic (exact) mass is 247 g/mol. The Morgan fingerprint density at radius 2 is 2.11 bits per heavy atom. The summed E-state index contributed by atoms with van der Waals surface area (Å²) < 4.78 is 5.56. The Balaban J connectivity index is 1.58. The van der Waals surface area contributed by atoms with E-state index in [0.717, 1.165) is 18.3 Å². The Bertz CT molecular complexity index is 384. The van der Waals surface area contributed by atoms with E-state index in [2.05, 4.69) is 18.3 Å². The molecule has 0 amide bonds. The maximum Gasteiger partial charge on any atom is 0.108 e. The summed E-state index contributed by atoms with van der Waals surface area (Å²) in [5.74, 6) is 3.00. The van der Waals surface area contributed by atoms with E-state index in [1.807, 2.05) is 6.26 Å². The third-order valence-corrected chi connectivity index (χ3v) is 4.97. The second kappa shape index (κ2) is 5.48. The predicted octanol–water partition coefficient (Wildman–Crippen LogP) is 4.07. The molecule has 1 aromatic heterocycles. The van der Waals surface area contributed by atoms with Gasteiger partial charge in [0.2, 0.25) is 0 Å². The molecule has 18 heavy (non-hydrogen) atoms. The minimum absolute atomic E-state index is 0.543. The standard InChI is InChI=1S/C16H25NO/c1-12-5-2-3-6-13(12)11-17-15-7-4-8-16-14(15)9-10-18-16/h9-10,12-13,15,17H,2-8,11H2,1H3. The molecule has 0 aliphatic heterocycles. The van der Waals surface area contributed by atoms with Crippen molar-refractivity contribution in [1.29, 1.82) is 0 Å². The van der Waals surface area contributed by atoms with Gasteiger partial charge in [-0.1, -0.05) is 26.2 Å². The number of fused-ring (bicyclic) bond motifs is 1. The van der Waals surface area contributed by atoms with E-state index < -0.39 is 0 Å². The minimum atomic E-state index is 0.543. The quantitative estimate of drug-likeness (QED) is 0.871. The molecule has 0 spiro atoms. The zero-order chi connectivity index (χ0) is 12.4. The van der Waals surface area contributed by atoms with Crippen molar-refractivity contribution in [3.63, 3.8) is 0 Å². The predicted molar refractivity (Wildman–Crippen MR) is 73.5 cm³/mol. The molecule has 3 atom stereocenters. The van der Waals surface area contributed by atoms with Crippen molar-refractivity contribution in [3.05, 3.63) is 23.7 Å². The Labute approximate surface area is 110 Å². The molecule has 2 heteroatoms. The Morgan fingerprint density at radius 3 is 3.00 bits per heavy atom. The number of furan rings is 1. The Morgan fingerprint density at radius 1 is 1.22 bits per heavy atom. The van der Waals surface area contributed by atoms with Crippen molar-refractivity contribution in [2.24, 2.45) is 11.8 Å². The number of nitrogens with one attached hydrogen (secondary N) is 1. The number of hydrogen-bond donors (Lipinski definition) is 1. The smallest absolute Gasteiger partial charge is 0.108 e. The molecule has 100 valence electrons. The number of aryl methyl sites for hydroxylation is 1. The van der Waals surface area contributed by atoms with Crippen LogP contribution in [0.25, 0.3) is 0 Å². The summed E-state index contributed by atoms with van der Waals surface area (Å²) in [7, 11) is 0. The molecule has 0 bridgehead atoms. The van der Waals surface area contributed by atoms with E-state index >= 15 is 0 Å². The average Bonchev–Trinajstić information content (AvgIpc) is 2.86. The summed E-state index contributed by atoms with van der Waals surface area (Å²) in [4.78, 5) is 0. The van der Waals surface area contributed by atoms with Crippen LogP contribution in [0, 0.1) is 11.8 Å². The first-order valence-corrected chi connectivity index (χ1v) is 7.64. The first-order chi connectivity index (χ1) is 8.84. The summed E-state index contributed by atoms with van der Waals surface area (Å²) in [6, 6.07) is 2.71. The van der Waals surface area contributed by atoms with Gasteiger partial charge in [-0.3, -0.25) is 0 Å². The molecule has 0 radical (unpaired) electrons. The van der Waals surface area contributed by atoms with Crippen molar-refractivity contribution in [2.45, 2.75) is 57.9 Å². The number of rotatable bonds is 3. The molecule has 1 heterocycles. The van der Waals surface area contributed by atoms with Gasteiger partial charge < -0.3 is 9.73 Å². The van der Waals surface area contributed by atoms with Crippen molar-refractivity contribution in [3.8, 4) is 0 Å². The molecule has 0 saturated heterocycles. The second-order valence-electron chi connectivity index (χ2n) is 6.17. The van der Waals surface area contributed by atoms with Crippen LogP contribution >= 0.6 is 0 Å². The van der Waals surface area contributed by atoms with Crippen molar-refractivity contribution in [1.82, 2.24) is 5.32 Å². The molecule has 1 N–H and O–H groups in total. The maximum absolute atomic E-state index is 5.56. The first-order valence-electron chi connectivity index (χ1n) is 7.64. The van der Waals surface area contributed by atoms with Crippen molar-refractivity contribution in [2.75, 3.05) is 6.54 Å². The van der Waals surface area contributed by atoms with Crippen LogP contribution in [0.2, 0.25) is 0 Å². The second-order valence-corrected chi connectivity index (χ2v) is 6.17. The molecule has 1 aromatic rings. The summed E-state index contributed by atoms with van der Waals surface area (Å²) in [5, 5.41) is 3.80. The fourth-order valence-corrected chi connectivity index (χ4v) is 3.69. The number of hydrogen-bond acceptors (Lipinski definition) is 2. The SMILES string of the molecule is CC1CCCCC1CNC1CCCc2occc21. The summed E-state index contributed by atoms with van der Waals surface area (Å²) >= 11 is 0. The van der Waals surface area contributed by atoms with Gasteiger partial charge in [-0.25, -0.2) is 0 Å². The summed E-state index contributed by atoms with van der Waals surface area (Å²) in [5.41, 5.74) is 1.42. The highest BCUT2D eigenvalue weighted by Gasteiger charge is 2.25. The molecular formula is C16H25NO. The molecule has 3 rings (SSSR count). The van der Waals surface area contributed by atoms with Crippen LogP contribution < -0.4 is 5.32 Å². The topological polar surface area (TPSA) is 25.2 Å². The lowest BCUT2D eigenvalue weighted by Gasteiger charge is -2.31. The van der Waals surface area contributed by atoms with Gasteiger partial charge in [0, 0.05) is 18.0 Å². The van der Waals surface area contributed by atoms with Gasteiger partial charge in [0.15, 0.2) is 0 Å². The molecule has 1 saturated carbocycles. The van der Waals surface area contributed by atoms with Gasteiger partial charge in [-0.05, 0) is 43.7 Å². The molecule has 3 unspecified atom stereocenters. The molecule has 2 aliphatic rings. The normalized spacial score (nSPS) is 32.2. The highest BCUT2D eigenvalue weighted by atomic mass is 16.3. The highest BCUT2D eigenvalue weighted by molar-refractivity contribution is 5.24. The van der Waals surface area contributed by atoms with Crippen molar-refractivity contribution < 1.29 is 4.42 Å². The third kappa shape index (κ3) is 2.49. The van der Waals surface area contributed by atoms with Crippen LogP contribution in [0.1, 0.15) is 62.8 Å². The molecular weight excluding hydrogens is 222 g/mol. The van der Waals surface area contributed by atoms with Gasteiger partial charge in [-0.2, -0.15) is 0 Å². The van der Waals surface area contributed by atoms with E-state index in [1.165, 1.54) is 56.4 Å². The van der Waals surface area contributed by atoms with E-state index in [-0.39, 0.29) is 0 Å². The average molecular weight is 247 g/mol. The zero-order valence-corrected chi connectivity index (χ0v) is 11.5. The van der Waals surface area contributed by atoms with Crippen LogP contribution in [0.3, 0.4) is 0 Å². The molecule has 2 aliphatic carbocycles. The molecule has 0 aromatic carbocycles. The van der Waals surface area contributed by atoms with Gasteiger partial charge in [0.25, 0.3) is 0 Å². The minimum Gasteiger partial charge on any atom is -0.469 e. The summed E-state index contributed by atoms with van der Waals surface area (Å²) in [6.07, 6.45) is 11.2. The lowest BCUT2D eigenvalue weighted by atomic mass is 9.80. The van der Waals surface area contributed by atoms with Crippen molar-refractivity contribution >= 4 is 0 Å². The Hall–Kier alpha value is -0.760. The highest BCUT2D eigenvalue weighted by Crippen LogP contribution is 2.33. The molecule has 2 nitrogen and oxygen atoms in total. The first kappa shape index (κ1) is 12.3. The fraction of sp³-hybridized carbons (Fsp3) is 0.750. The fourth-order valence-electron chi connectivity index (χ4n) is 3.69. The Kier molecular flexibility index (Phi) is 3.74. The summed E-state index contributed by atoms with van der Waals surface area (Å²) in [6.45, 7) is 3.62. The van der Waals surface area contributed by atoms with Crippen LogP contribution in [0.15, 0.2) is 16.7 Å². The van der Waals surface area contributed by atoms with Crippen LogP contribution in [-0.4, -0.2) is 6.54 Å². The van der Waals surface area contributed by atoms with Gasteiger partial charge in [0.05, 0.1) is 6.26 Å². The van der Waals surface area contributed by atoms with E-state index in [4.69, 9.17) is 4.42 Å². The lowest BCUT2D eigenvalue weighted by Crippen LogP contribution is -2.33. The van der Waals surface area contributed by atoms with Gasteiger partial charge in [0.1, 0.15) is 5.76 Å². The van der Waals surface area contributed by atoms with E-state index in [9.17, 15) is 0 Å². The lowest BCUT2D eigenvalue weighted by molar-refractivity contribution is 0.236. The van der Waals surface area contributed by atoms with E-state index in [0.29, 0.717) is 6.04 Å². The van der Waals surface area contributed by atoms with Gasteiger partial charge in [-0.15, -0.1) is 0 Å². The van der Waals surface area contributed by atoms with Crippen LogP contribution in [0.5, 0.6) is 0 Å². The molecule has 1 fully saturated rings. The largest absolute Gasteiger partial charge is 0.469 e.